The van der Waals surface area contributed by atoms with E-state index in [1.54, 1.807) is 24.3 Å². The molecule has 25 heavy (non-hydrogen) atoms. The second-order valence-electron chi connectivity index (χ2n) is 5.43. The van der Waals surface area contributed by atoms with E-state index in [-0.39, 0.29) is 11.6 Å². The van der Waals surface area contributed by atoms with Crippen LogP contribution in [0, 0.1) is 0 Å². The van der Waals surface area contributed by atoms with Gasteiger partial charge in [0.25, 0.3) is 11.6 Å². The summed E-state index contributed by atoms with van der Waals surface area (Å²) in [6, 6.07) is 10.5. The number of benzene rings is 1. The van der Waals surface area contributed by atoms with Crippen LogP contribution in [0.2, 0.25) is 0 Å². The van der Waals surface area contributed by atoms with Crippen molar-refractivity contribution in [1.82, 2.24) is 15.0 Å². The lowest BCUT2D eigenvalue weighted by molar-refractivity contribution is 0.475. The van der Waals surface area contributed by atoms with Gasteiger partial charge in [0.15, 0.2) is 17.1 Å². The third kappa shape index (κ3) is 3.09. The van der Waals surface area contributed by atoms with E-state index in [1.807, 2.05) is 12.1 Å². The zero-order valence-corrected chi connectivity index (χ0v) is 13.1. The van der Waals surface area contributed by atoms with E-state index in [0.29, 0.717) is 35.4 Å². The first kappa shape index (κ1) is 15.0. The van der Waals surface area contributed by atoms with Gasteiger partial charge >= 0.3 is 0 Å². The van der Waals surface area contributed by atoms with Crippen LogP contribution in [-0.4, -0.2) is 26.6 Å². The van der Waals surface area contributed by atoms with Crippen LogP contribution in [0.4, 0.5) is 11.8 Å². The van der Waals surface area contributed by atoms with Crippen molar-refractivity contribution >= 4 is 23.0 Å². The predicted molar refractivity (Wildman–Crippen MR) is 92.0 cm³/mol. The molecule has 0 fully saturated rings. The van der Waals surface area contributed by atoms with Crippen LogP contribution in [0.15, 0.2) is 51.5 Å². The highest BCUT2D eigenvalue weighted by molar-refractivity contribution is 5.82. The molecule has 0 radical (unpaired) electrons. The monoisotopic (exact) mass is 337 g/mol. The van der Waals surface area contributed by atoms with Crippen LogP contribution in [0.3, 0.4) is 0 Å². The van der Waals surface area contributed by atoms with Crippen LogP contribution in [-0.2, 0) is 6.42 Å². The molecule has 0 atom stereocenters. The Balaban J connectivity index is 1.51. The second-order valence-corrected chi connectivity index (χ2v) is 5.43. The molecular weight excluding hydrogens is 322 g/mol. The van der Waals surface area contributed by atoms with E-state index in [2.05, 4.69) is 20.3 Å². The van der Waals surface area contributed by atoms with Crippen LogP contribution >= 0.6 is 0 Å². The van der Waals surface area contributed by atoms with Crippen LogP contribution in [0.1, 0.15) is 5.56 Å². The van der Waals surface area contributed by atoms with Gasteiger partial charge in [-0.15, -0.1) is 0 Å². The molecule has 0 saturated carbocycles. The maximum atomic E-state index is 9.29. The van der Waals surface area contributed by atoms with Crippen molar-refractivity contribution in [2.45, 2.75) is 6.42 Å². The highest BCUT2D eigenvalue weighted by Gasteiger charge is 2.15. The quantitative estimate of drug-likeness (QED) is 0.508. The summed E-state index contributed by atoms with van der Waals surface area (Å²) in [5.41, 5.74) is 7.73. The summed E-state index contributed by atoms with van der Waals surface area (Å²) < 4.78 is 10.9. The van der Waals surface area contributed by atoms with E-state index >= 15 is 0 Å². The average molecular weight is 337 g/mol. The number of nitrogens with one attached hydrogen (secondary N) is 1. The number of aromatic hydroxyl groups is 1. The lowest BCUT2D eigenvalue weighted by atomic mass is 10.1. The van der Waals surface area contributed by atoms with Crippen LogP contribution in [0.25, 0.3) is 22.9 Å². The number of nitrogens with zero attached hydrogens (tertiary/aromatic N) is 3. The third-order valence-corrected chi connectivity index (χ3v) is 3.65. The minimum atomic E-state index is 0.235. The normalized spacial score (nSPS) is 11.0. The number of furan rings is 1. The molecule has 0 aliphatic carbocycles. The maximum absolute atomic E-state index is 9.29. The summed E-state index contributed by atoms with van der Waals surface area (Å²) in [7, 11) is 0. The Morgan fingerprint density at radius 1 is 1.08 bits per heavy atom. The summed E-state index contributed by atoms with van der Waals surface area (Å²) in [6.45, 7) is 0.606. The second kappa shape index (κ2) is 6.16. The fraction of sp³-hybridized carbons (Fsp3) is 0.118. The molecule has 126 valence electrons. The summed E-state index contributed by atoms with van der Waals surface area (Å²) >= 11 is 0. The Kier molecular flexibility index (Phi) is 3.70. The summed E-state index contributed by atoms with van der Waals surface area (Å²) in [4.78, 5) is 12.8. The number of nitrogens with two attached hydrogens (primary N) is 1. The Morgan fingerprint density at radius 3 is 2.68 bits per heavy atom. The van der Waals surface area contributed by atoms with Crippen LogP contribution in [0.5, 0.6) is 5.75 Å². The highest BCUT2D eigenvalue weighted by atomic mass is 16.4. The summed E-state index contributed by atoms with van der Waals surface area (Å²) in [5.74, 6) is 1.65. The van der Waals surface area contributed by atoms with Gasteiger partial charge in [0, 0.05) is 6.54 Å². The molecule has 0 spiro atoms. The van der Waals surface area contributed by atoms with Gasteiger partial charge in [-0.05, 0) is 36.2 Å². The molecule has 4 rings (SSSR count). The molecule has 8 heteroatoms. The van der Waals surface area contributed by atoms with Gasteiger partial charge in [0.05, 0.1) is 6.26 Å². The Hall–Kier alpha value is -3.55. The molecule has 3 aromatic heterocycles. The van der Waals surface area contributed by atoms with Gasteiger partial charge in [0.2, 0.25) is 5.95 Å². The first-order chi connectivity index (χ1) is 12.2. The number of aromatic nitrogens is 3. The van der Waals surface area contributed by atoms with Crippen molar-refractivity contribution < 1.29 is 13.9 Å². The fourth-order valence-electron chi connectivity index (χ4n) is 2.41. The minimum Gasteiger partial charge on any atom is -0.508 e. The van der Waals surface area contributed by atoms with E-state index in [0.717, 1.165) is 12.0 Å². The van der Waals surface area contributed by atoms with Crippen molar-refractivity contribution in [2.24, 2.45) is 0 Å². The van der Waals surface area contributed by atoms with Gasteiger partial charge in [-0.25, -0.2) is 4.98 Å². The molecule has 8 nitrogen and oxygen atoms in total. The van der Waals surface area contributed by atoms with Crippen molar-refractivity contribution in [1.29, 1.82) is 0 Å². The molecule has 1 aromatic carbocycles. The zero-order valence-electron chi connectivity index (χ0n) is 13.1. The fourth-order valence-corrected chi connectivity index (χ4v) is 2.41. The van der Waals surface area contributed by atoms with E-state index < -0.39 is 0 Å². The number of nitrogen functional groups attached to an aromatic ring is 1. The molecule has 0 unspecified atom stereocenters. The zero-order chi connectivity index (χ0) is 17.2. The molecule has 4 aromatic rings. The molecule has 3 heterocycles. The van der Waals surface area contributed by atoms with Crippen LogP contribution < -0.4 is 11.1 Å². The first-order valence-corrected chi connectivity index (χ1v) is 7.69. The number of phenolic OH excluding ortho intramolecular Hbond substituents is 1. The molecule has 0 amide bonds. The van der Waals surface area contributed by atoms with Gasteiger partial charge < -0.3 is 25.0 Å². The SMILES string of the molecule is Nc1nc(NCCc2ccc(O)cc2)nc2oc(-c3ccco3)nc12. The minimum absolute atomic E-state index is 0.235. The largest absolute Gasteiger partial charge is 0.508 e. The van der Waals surface area contributed by atoms with E-state index in [9.17, 15) is 5.11 Å². The Labute approximate surface area is 142 Å². The van der Waals surface area contributed by atoms with Gasteiger partial charge in [-0.1, -0.05) is 12.1 Å². The van der Waals surface area contributed by atoms with Gasteiger partial charge in [0.1, 0.15) is 5.75 Å². The lowest BCUT2D eigenvalue weighted by Crippen LogP contribution is -2.09. The number of hydrogen-bond donors (Lipinski definition) is 3. The molecule has 0 aliphatic heterocycles. The predicted octanol–water partition coefficient (Wildman–Crippen LogP) is 2.82. The van der Waals surface area contributed by atoms with E-state index in [1.165, 1.54) is 6.26 Å². The van der Waals surface area contributed by atoms with Crippen molar-refractivity contribution in [3.63, 3.8) is 0 Å². The van der Waals surface area contributed by atoms with Gasteiger partial charge in [-0.3, -0.25) is 0 Å². The number of rotatable bonds is 5. The standard InChI is InChI=1S/C17H15N5O3/c18-14-13-16(25-15(20-13)12-2-1-9-24-12)22-17(21-14)19-8-7-10-3-5-11(23)6-4-10/h1-6,9,23H,7-8H2,(H3,18,19,21,22). The topological polar surface area (TPSA) is 123 Å². The molecule has 0 saturated heterocycles. The van der Waals surface area contributed by atoms with Crippen molar-refractivity contribution in [2.75, 3.05) is 17.6 Å². The Morgan fingerprint density at radius 2 is 1.92 bits per heavy atom. The number of anilines is 2. The first-order valence-electron chi connectivity index (χ1n) is 7.69. The molecule has 0 aliphatic rings. The molecular formula is C17H15N5O3. The number of fused-ring (bicyclic) bond motifs is 1. The number of hydrogen-bond acceptors (Lipinski definition) is 8. The molecule has 4 N–H and O–H groups in total. The van der Waals surface area contributed by atoms with Gasteiger partial charge in [-0.2, -0.15) is 9.97 Å². The van der Waals surface area contributed by atoms with Crippen molar-refractivity contribution in [3.8, 4) is 17.4 Å². The Bertz CT molecular complexity index is 993. The third-order valence-electron chi connectivity index (χ3n) is 3.65. The summed E-state index contributed by atoms with van der Waals surface area (Å²) in [5, 5.41) is 12.4. The van der Waals surface area contributed by atoms with E-state index in [4.69, 9.17) is 14.6 Å². The summed E-state index contributed by atoms with van der Waals surface area (Å²) in [6.07, 6.45) is 2.28. The molecule has 0 bridgehead atoms. The maximum Gasteiger partial charge on any atom is 0.265 e. The van der Waals surface area contributed by atoms with Crippen molar-refractivity contribution in [3.05, 3.63) is 48.2 Å². The highest BCUT2D eigenvalue weighted by Crippen LogP contribution is 2.26. The lowest BCUT2D eigenvalue weighted by Gasteiger charge is -2.05. The average Bonchev–Trinajstić information content (AvgIpc) is 3.26. The smallest absolute Gasteiger partial charge is 0.265 e. The number of oxazole rings is 1. The number of phenols is 1.